The van der Waals surface area contributed by atoms with Gasteiger partial charge in [-0.3, -0.25) is 0 Å². The highest BCUT2D eigenvalue weighted by Gasteiger charge is 2.17. The van der Waals surface area contributed by atoms with Crippen LogP contribution in [0.3, 0.4) is 0 Å². The maximum atomic E-state index is 5.31. The van der Waals surface area contributed by atoms with Crippen molar-refractivity contribution in [1.82, 2.24) is 15.5 Å². The highest BCUT2D eigenvalue weighted by atomic mass is 16.4. The molecule has 1 aromatic rings. The van der Waals surface area contributed by atoms with Crippen molar-refractivity contribution in [3.63, 3.8) is 0 Å². The Morgan fingerprint density at radius 2 is 2.00 bits per heavy atom. The average molecular weight is 223 g/mol. The van der Waals surface area contributed by atoms with E-state index in [9.17, 15) is 0 Å². The highest BCUT2D eigenvalue weighted by Crippen LogP contribution is 2.27. The van der Waals surface area contributed by atoms with Crippen LogP contribution in [-0.4, -0.2) is 16.7 Å². The van der Waals surface area contributed by atoms with Gasteiger partial charge in [0, 0.05) is 6.92 Å². The number of rotatable bonds is 4. The molecule has 0 radical (unpaired) electrons. The molecule has 0 aromatic carbocycles. The Morgan fingerprint density at radius 1 is 1.25 bits per heavy atom. The van der Waals surface area contributed by atoms with E-state index in [1.165, 1.54) is 25.7 Å². The minimum absolute atomic E-state index is 0.642. The molecule has 2 rings (SSSR count). The largest absolute Gasteiger partial charge is 0.424 e. The third-order valence-electron chi connectivity index (χ3n) is 3.41. The zero-order valence-corrected chi connectivity index (χ0v) is 10.2. The molecule has 0 spiro atoms. The molecule has 1 heterocycles. The third-order valence-corrected chi connectivity index (χ3v) is 3.41. The average Bonchev–Trinajstić information content (AvgIpc) is 2.67. The molecule has 16 heavy (non-hydrogen) atoms. The van der Waals surface area contributed by atoms with Crippen molar-refractivity contribution in [2.75, 3.05) is 6.54 Å². The van der Waals surface area contributed by atoms with Crippen molar-refractivity contribution >= 4 is 0 Å². The molecule has 90 valence electrons. The van der Waals surface area contributed by atoms with Crippen LogP contribution in [0.5, 0.6) is 0 Å². The van der Waals surface area contributed by atoms with E-state index < -0.39 is 0 Å². The molecule has 0 amide bonds. The van der Waals surface area contributed by atoms with Gasteiger partial charge < -0.3 is 9.73 Å². The maximum Gasteiger partial charge on any atom is 0.230 e. The van der Waals surface area contributed by atoms with E-state index in [0.717, 1.165) is 18.4 Å². The summed E-state index contributed by atoms with van der Waals surface area (Å²) in [5.74, 6) is 3.10. The van der Waals surface area contributed by atoms with Crippen LogP contribution in [0.4, 0.5) is 0 Å². The summed E-state index contributed by atoms with van der Waals surface area (Å²) >= 11 is 0. The Bertz CT molecular complexity index is 316. The van der Waals surface area contributed by atoms with Gasteiger partial charge in [0.15, 0.2) is 0 Å². The van der Waals surface area contributed by atoms with E-state index in [1.54, 1.807) is 0 Å². The summed E-state index contributed by atoms with van der Waals surface area (Å²) in [4.78, 5) is 0. The van der Waals surface area contributed by atoms with Gasteiger partial charge >= 0.3 is 0 Å². The van der Waals surface area contributed by atoms with E-state index in [1.807, 2.05) is 6.92 Å². The molecule has 4 heteroatoms. The molecule has 1 fully saturated rings. The van der Waals surface area contributed by atoms with Crippen molar-refractivity contribution in [3.05, 3.63) is 11.8 Å². The fourth-order valence-electron chi connectivity index (χ4n) is 2.33. The van der Waals surface area contributed by atoms with Crippen LogP contribution < -0.4 is 5.32 Å². The third kappa shape index (κ3) is 3.30. The lowest BCUT2D eigenvalue weighted by Crippen LogP contribution is -2.25. The van der Waals surface area contributed by atoms with Gasteiger partial charge in [-0.05, 0) is 31.2 Å². The lowest BCUT2D eigenvalue weighted by Gasteiger charge is -2.26. The number of nitrogens with zero attached hydrogens (tertiary/aromatic N) is 2. The second-order valence-electron chi connectivity index (χ2n) is 4.97. The zero-order valence-electron chi connectivity index (χ0n) is 10.2. The lowest BCUT2D eigenvalue weighted by molar-refractivity contribution is 0.278. The SMILES string of the molecule is Cc1nnc(CNCC2CCC(C)CC2)o1. The number of hydrogen-bond acceptors (Lipinski definition) is 4. The quantitative estimate of drug-likeness (QED) is 0.851. The Labute approximate surface area is 96.8 Å². The summed E-state index contributed by atoms with van der Waals surface area (Å²) in [5.41, 5.74) is 0. The van der Waals surface area contributed by atoms with Gasteiger partial charge in [0.25, 0.3) is 0 Å². The van der Waals surface area contributed by atoms with Crippen LogP contribution in [0.15, 0.2) is 4.42 Å². The van der Waals surface area contributed by atoms with Gasteiger partial charge in [-0.15, -0.1) is 10.2 Å². The minimum Gasteiger partial charge on any atom is -0.424 e. The highest BCUT2D eigenvalue weighted by molar-refractivity contribution is 4.79. The fraction of sp³-hybridized carbons (Fsp3) is 0.833. The van der Waals surface area contributed by atoms with E-state index in [-0.39, 0.29) is 0 Å². The lowest BCUT2D eigenvalue weighted by atomic mass is 9.83. The smallest absolute Gasteiger partial charge is 0.230 e. The van der Waals surface area contributed by atoms with Crippen molar-refractivity contribution in [1.29, 1.82) is 0 Å². The van der Waals surface area contributed by atoms with E-state index in [4.69, 9.17) is 4.42 Å². The summed E-state index contributed by atoms with van der Waals surface area (Å²) < 4.78 is 5.31. The Balaban J connectivity index is 1.64. The van der Waals surface area contributed by atoms with E-state index in [2.05, 4.69) is 22.4 Å². The van der Waals surface area contributed by atoms with Gasteiger partial charge in [0.05, 0.1) is 6.54 Å². The maximum absolute atomic E-state index is 5.31. The first-order valence-electron chi connectivity index (χ1n) is 6.23. The Kier molecular flexibility index (Phi) is 3.93. The number of nitrogens with one attached hydrogen (secondary N) is 1. The summed E-state index contributed by atoms with van der Waals surface area (Å²) in [6.45, 7) is 5.95. The standard InChI is InChI=1S/C12H21N3O/c1-9-3-5-11(6-4-9)7-13-8-12-15-14-10(2)16-12/h9,11,13H,3-8H2,1-2H3. The van der Waals surface area contributed by atoms with Crippen molar-refractivity contribution in [2.24, 2.45) is 11.8 Å². The summed E-state index contributed by atoms with van der Waals surface area (Å²) in [6.07, 6.45) is 5.48. The van der Waals surface area contributed by atoms with Gasteiger partial charge in [-0.25, -0.2) is 0 Å². The monoisotopic (exact) mass is 223 g/mol. The Morgan fingerprint density at radius 3 is 2.62 bits per heavy atom. The van der Waals surface area contributed by atoms with Gasteiger partial charge in [0.2, 0.25) is 11.8 Å². The van der Waals surface area contributed by atoms with Crippen LogP contribution in [0, 0.1) is 18.8 Å². The predicted octanol–water partition coefficient (Wildman–Crippen LogP) is 2.29. The summed E-state index contributed by atoms with van der Waals surface area (Å²) in [5, 5.41) is 11.2. The number of aryl methyl sites for hydroxylation is 1. The topological polar surface area (TPSA) is 51.0 Å². The van der Waals surface area contributed by atoms with Crippen LogP contribution in [-0.2, 0) is 6.54 Å². The van der Waals surface area contributed by atoms with Crippen LogP contribution >= 0.6 is 0 Å². The first-order chi connectivity index (χ1) is 7.74. The summed E-state index contributed by atoms with van der Waals surface area (Å²) in [7, 11) is 0. The molecule has 1 aromatic heterocycles. The van der Waals surface area contributed by atoms with Crippen molar-refractivity contribution < 1.29 is 4.42 Å². The molecule has 0 atom stereocenters. The van der Waals surface area contributed by atoms with Crippen LogP contribution in [0.2, 0.25) is 0 Å². The molecule has 1 aliphatic rings. The predicted molar refractivity (Wildman–Crippen MR) is 61.9 cm³/mol. The van der Waals surface area contributed by atoms with Crippen LogP contribution in [0.25, 0.3) is 0 Å². The molecule has 0 aliphatic heterocycles. The van der Waals surface area contributed by atoms with Crippen LogP contribution in [0.1, 0.15) is 44.4 Å². The van der Waals surface area contributed by atoms with Gasteiger partial charge in [-0.1, -0.05) is 19.8 Å². The Hall–Kier alpha value is -0.900. The first-order valence-corrected chi connectivity index (χ1v) is 6.23. The zero-order chi connectivity index (χ0) is 11.4. The molecule has 1 aliphatic carbocycles. The molecule has 1 saturated carbocycles. The molecule has 0 unspecified atom stereocenters. The van der Waals surface area contributed by atoms with Crippen molar-refractivity contribution in [2.45, 2.75) is 46.1 Å². The second kappa shape index (κ2) is 5.43. The molecular weight excluding hydrogens is 202 g/mol. The molecule has 4 nitrogen and oxygen atoms in total. The second-order valence-corrected chi connectivity index (χ2v) is 4.97. The molecule has 1 N–H and O–H groups in total. The molecule has 0 bridgehead atoms. The molecule has 0 saturated heterocycles. The first kappa shape index (κ1) is 11.6. The number of aromatic nitrogens is 2. The van der Waals surface area contributed by atoms with E-state index >= 15 is 0 Å². The van der Waals surface area contributed by atoms with Crippen molar-refractivity contribution in [3.8, 4) is 0 Å². The van der Waals surface area contributed by atoms with E-state index in [0.29, 0.717) is 18.3 Å². The fourth-order valence-corrected chi connectivity index (χ4v) is 2.33. The van der Waals surface area contributed by atoms with Gasteiger partial charge in [-0.2, -0.15) is 0 Å². The molecular formula is C12H21N3O. The normalized spacial score (nSPS) is 25.9. The summed E-state index contributed by atoms with van der Waals surface area (Å²) in [6, 6.07) is 0. The number of hydrogen-bond donors (Lipinski definition) is 1. The van der Waals surface area contributed by atoms with Gasteiger partial charge in [0.1, 0.15) is 0 Å². The minimum atomic E-state index is 0.642.